The molecule has 1 heterocycles. The second kappa shape index (κ2) is 5.83. The van der Waals surface area contributed by atoms with Crippen molar-refractivity contribution in [1.82, 2.24) is 9.80 Å². The summed E-state index contributed by atoms with van der Waals surface area (Å²) < 4.78 is 5.30. The van der Waals surface area contributed by atoms with Crippen molar-refractivity contribution in [3.63, 3.8) is 0 Å². The van der Waals surface area contributed by atoms with Gasteiger partial charge in [-0.3, -0.25) is 0 Å². The Morgan fingerprint density at radius 1 is 1.45 bits per heavy atom. The maximum atomic E-state index is 12.4. The van der Waals surface area contributed by atoms with Crippen molar-refractivity contribution in [3.8, 4) is 0 Å². The Balaban J connectivity index is 2.59. The van der Waals surface area contributed by atoms with E-state index >= 15 is 0 Å². The van der Waals surface area contributed by atoms with Crippen LogP contribution in [-0.2, 0) is 9.53 Å². The third kappa shape index (κ3) is 3.96. The van der Waals surface area contributed by atoms with E-state index in [1.165, 1.54) is 0 Å². The highest BCUT2D eigenvalue weighted by molar-refractivity contribution is 5.76. The number of carbonyl (C=O) groups is 2. The molecule has 1 rings (SSSR count). The van der Waals surface area contributed by atoms with Crippen LogP contribution in [0.1, 0.15) is 27.7 Å². The third-order valence-corrected chi connectivity index (χ3v) is 3.22. The number of carboxylic acid groups (broad SMARTS) is 1. The molecule has 114 valence electrons. The molecular formula is C14H24N2O4. The Morgan fingerprint density at radius 2 is 2.00 bits per heavy atom. The van der Waals surface area contributed by atoms with Crippen LogP contribution in [0.2, 0.25) is 0 Å². The molecule has 0 aromatic rings. The quantitative estimate of drug-likeness (QED) is 0.778. The van der Waals surface area contributed by atoms with Crippen LogP contribution < -0.4 is 0 Å². The Kier molecular flexibility index (Phi) is 4.81. The molecule has 0 spiro atoms. The third-order valence-electron chi connectivity index (χ3n) is 3.22. The van der Waals surface area contributed by atoms with E-state index in [9.17, 15) is 9.59 Å². The van der Waals surface area contributed by atoms with Gasteiger partial charge in [-0.25, -0.2) is 9.59 Å². The normalized spacial score (nSPS) is 17.3. The highest BCUT2D eigenvalue weighted by Gasteiger charge is 2.45. The van der Waals surface area contributed by atoms with Crippen LogP contribution in [0.15, 0.2) is 12.7 Å². The van der Waals surface area contributed by atoms with Gasteiger partial charge in [-0.15, -0.1) is 6.58 Å². The van der Waals surface area contributed by atoms with Crippen LogP contribution in [0.3, 0.4) is 0 Å². The van der Waals surface area contributed by atoms with Crippen molar-refractivity contribution in [2.45, 2.75) is 38.8 Å². The monoisotopic (exact) mass is 284 g/mol. The van der Waals surface area contributed by atoms with Crippen LogP contribution in [0, 0.1) is 0 Å². The predicted octanol–water partition coefficient (Wildman–Crippen LogP) is 1.57. The first-order chi connectivity index (χ1) is 9.09. The Labute approximate surface area is 120 Å². The summed E-state index contributed by atoms with van der Waals surface area (Å²) >= 11 is 0. The molecule has 1 saturated heterocycles. The van der Waals surface area contributed by atoms with Gasteiger partial charge in [0.1, 0.15) is 12.2 Å². The van der Waals surface area contributed by atoms with E-state index in [1.807, 2.05) is 27.7 Å². The number of nitrogens with zero attached hydrogens (tertiary/aromatic N) is 2. The van der Waals surface area contributed by atoms with E-state index in [0.29, 0.717) is 19.6 Å². The predicted molar refractivity (Wildman–Crippen MR) is 75.6 cm³/mol. The van der Waals surface area contributed by atoms with Crippen molar-refractivity contribution >= 4 is 12.0 Å². The van der Waals surface area contributed by atoms with Crippen LogP contribution in [0.4, 0.5) is 4.79 Å². The number of hydrogen-bond donors (Lipinski definition) is 1. The number of carboxylic acids is 1. The number of aliphatic carboxylic acids is 1. The van der Waals surface area contributed by atoms with Gasteiger partial charge in [0.05, 0.1) is 13.1 Å². The molecule has 0 radical (unpaired) electrons. The number of hydrogen-bond acceptors (Lipinski definition) is 3. The van der Waals surface area contributed by atoms with Crippen molar-refractivity contribution < 1.29 is 19.4 Å². The van der Waals surface area contributed by atoms with Gasteiger partial charge in [-0.2, -0.15) is 0 Å². The summed E-state index contributed by atoms with van der Waals surface area (Å²) in [6, 6.07) is -0.0752. The molecule has 6 nitrogen and oxygen atoms in total. The van der Waals surface area contributed by atoms with Crippen molar-refractivity contribution in [3.05, 3.63) is 12.7 Å². The van der Waals surface area contributed by atoms with E-state index in [2.05, 4.69) is 6.58 Å². The largest absolute Gasteiger partial charge is 0.480 e. The molecule has 6 heteroatoms. The molecule has 0 unspecified atom stereocenters. The molecule has 0 aromatic heterocycles. The van der Waals surface area contributed by atoms with Crippen LogP contribution in [0.25, 0.3) is 0 Å². The van der Waals surface area contributed by atoms with Crippen molar-refractivity contribution in [2.24, 2.45) is 0 Å². The van der Waals surface area contributed by atoms with Crippen molar-refractivity contribution in [1.29, 1.82) is 0 Å². The summed E-state index contributed by atoms with van der Waals surface area (Å²) in [7, 11) is 0. The lowest BCUT2D eigenvalue weighted by molar-refractivity contribution is -0.160. The Bertz CT molecular complexity index is 394. The summed E-state index contributed by atoms with van der Waals surface area (Å²) in [5, 5.41) is 8.61. The van der Waals surface area contributed by atoms with Gasteiger partial charge in [-0.05, 0) is 27.7 Å². The first-order valence-corrected chi connectivity index (χ1v) is 6.62. The molecule has 1 aliphatic heterocycles. The lowest BCUT2D eigenvalue weighted by Crippen LogP contribution is -2.67. The molecule has 0 bridgehead atoms. The lowest BCUT2D eigenvalue weighted by Gasteiger charge is -2.50. The van der Waals surface area contributed by atoms with Crippen molar-refractivity contribution in [2.75, 3.05) is 26.2 Å². The van der Waals surface area contributed by atoms with E-state index in [1.54, 1.807) is 15.9 Å². The van der Waals surface area contributed by atoms with Gasteiger partial charge >= 0.3 is 12.0 Å². The summed E-state index contributed by atoms with van der Waals surface area (Å²) in [6.07, 6.45) is 1.70. The smallest absolute Gasteiger partial charge is 0.329 e. The van der Waals surface area contributed by atoms with Gasteiger partial charge in [0, 0.05) is 12.1 Å². The molecule has 0 aliphatic carbocycles. The molecule has 20 heavy (non-hydrogen) atoms. The molecule has 2 amide bonds. The molecule has 0 aromatic carbocycles. The maximum absolute atomic E-state index is 12.4. The van der Waals surface area contributed by atoms with Crippen LogP contribution >= 0.6 is 0 Å². The molecule has 0 atom stereocenters. The molecule has 1 aliphatic rings. The average molecular weight is 284 g/mol. The first kappa shape index (κ1) is 16.5. The number of urea groups is 1. The van der Waals surface area contributed by atoms with Crippen LogP contribution in [0.5, 0.6) is 0 Å². The fourth-order valence-corrected chi connectivity index (χ4v) is 2.16. The van der Waals surface area contributed by atoms with Gasteiger partial charge in [0.25, 0.3) is 0 Å². The summed E-state index contributed by atoms with van der Waals surface area (Å²) in [5.41, 5.74) is -0.856. The topological polar surface area (TPSA) is 70.1 Å². The van der Waals surface area contributed by atoms with Crippen LogP contribution in [-0.4, -0.2) is 64.3 Å². The summed E-state index contributed by atoms with van der Waals surface area (Å²) in [4.78, 5) is 26.3. The maximum Gasteiger partial charge on any atom is 0.329 e. The first-order valence-electron chi connectivity index (χ1n) is 6.62. The molecule has 1 fully saturated rings. The molecular weight excluding hydrogens is 260 g/mol. The number of likely N-dealkylation sites (tertiary alicyclic amines) is 1. The van der Waals surface area contributed by atoms with E-state index in [-0.39, 0.29) is 18.2 Å². The average Bonchev–Trinajstić information content (AvgIpc) is 2.27. The second-order valence-electron chi connectivity index (χ2n) is 6.34. The number of amides is 2. The highest BCUT2D eigenvalue weighted by atomic mass is 16.5. The summed E-state index contributed by atoms with van der Waals surface area (Å²) in [5.74, 6) is -1.00. The fourth-order valence-electron chi connectivity index (χ4n) is 2.16. The molecule has 1 N–H and O–H groups in total. The van der Waals surface area contributed by atoms with Gasteiger partial charge in [-0.1, -0.05) is 6.08 Å². The van der Waals surface area contributed by atoms with E-state index < -0.39 is 11.6 Å². The zero-order chi connectivity index (χ0) is 15.6. The fraction of sp³-hybridized carbons (Fsp3) is 0.714. The van der Waals surface area contributed by atoms with Gasteiger partial charge < -0.3 is 19.6 Å². The Morgan fingerprint density at radius 3 is 2.40 bits per heavy atom. The van der Waals surface area contributed by atoms with E-state index in [4.69, 9.17) is 9.84 Å². The second-order valence-corrected chi connectivity index (χ2v) is 6.34. The Hall–Kier alpha value is -1.56. The minimum absolute atomic E-state index is 0.0752. The number of rotatable bonds is 5. The zero-order valence-corrected chi connectivity index (χ0v) is 12.7. The lowest BCUT2D eigenvalue weighted by atomic mass is 9.96. The highest BCUT2D eigenvalue weighted by Crippen LogP contribution is 2.27. The van der Waals surface area contributed by atoms with E-state index in [0.717, 1.165) is 0 Å². The minimum Gasteiger partial charge on any atom is -0.480 e. The number of carbonyl (C=O) groups excluding carboxylic acids is 1. The SMILES string of the molecule is C=CCN(C(=O)N1CC(C)(OCC(=O)O)C1)C(C)(C)C. The summed E-state index contributed by atoms with van der Waals surface area (Å²) in [6.45, 7) is 12.3. The van der Waals surface area contributed by atoms with Gasteiger partial charge in [0.15, 0.2) is 0 Å². The zero-order valence-electron chi connectivity index (χ0n) is 12.7. The molecule has 0 saturated carbocycles. The number of ether oxygens (including phenoxy) is 1. The standard InChI is InChI=1S/C14H24N2O4/c1-6-7-16(13(2,3)4)12(19)15-9-14(5,10-15)20-8-11(17)18/h6H,1,7-10H2,2-5H3,(H,17,18). The van der Waals surface area contributed by atoms with Gasteiger partial charge in [0.2, 0.25) is 0 Å². The minimum atomic E-state index is -1.00.